The summed E-state index contributed by atoms with van der Waals surface area (Å²) in [5.74, 6) is -3.65. The average molecular weight is 461 g/mol. The first-order valence-electron chi connectivity index (χ1n) is 9.31. The van der Waals surface area contributed by atoms with E-state index in [0.717, 1.165) is 43.7 Å². The third-order valence-electron chi connectivity index (χ3n) is 4.44. The molecule has 0 bridgehead atoms. The van der Waals surface area contributed by atoms with Gasteiger partial charge in [0.1, 0.15) is 0 Å². The summed E-state index contributed by atoms with van der Waals surface area (Å²) in [4.78, 5) is 23.3. The van der Waals surface area contributed by atoms with Crippen molar-refractivity contribution in [2.24, 2.45) is 0 Å². The van der Waals surface area contributed by atoms with Gasteiger partial charge >= 0.3 is 11.9 Å². The zero-order chi connectivity index (χ0) is 21.1. The highest BCUT2D eigenvalue weighted by atomic mass is 79.9. The SMILES string of the molecule is Brc1ccc(CN2CCN(C/C=C/c3ccccc3)CC2)cc1.O=C(O)C(=O)O. The van der Waals surface area contributed by atoms with Crippen molar-refractivity contribution in [1.82, 2.24) is 9.80 Å². The van der Waals surface area contributed by atoms with Gasteiger partial charge in [0.15, 0.2) is 0 Å². The molecule has 0 radical (unpaired) electrons. The summed E-state index contributed by atoms with van der Waals surface area (Å²) in [6, 6.07) is 19.2. The zero-order valence-corrected chi connectivity index (χ0v) is 17.7. The lowest BCUT2D eigenvalue weighted by molar-refractivity contribution is -0.159. The maximum absolute atomic E-state index is 9.10. The molecule has 3 rings (SSSR count). The molecule has 0 aromatic heterocycles. The van der Waals surface area contributed by atoms with E-state index in [1.807, 2.05) is 0 Å². The van der Waals surface area contributed by atoms with Crippen molar-refractivity contribution in [3.05, 3.63) is 76.3 Å². The van der Waals surface area contributed by atoms with Crippen molar-refractivity contribution in [3.63, 3.8) is 0 Å². The molecule has 29 heavy (non-hydrogen) atoms. The standard InChI is InChI=1S/C20H23BrN2.C2H2O4/c21-20-10-8-19(9-11-20)17-23-15-13-22(14-16-23)12-4-7-18-5-2-1-3-6-18;3-1(4)2(5)6/h1-11H,12-17H2;(H,3,4)(H,5,6)/b7-4+;. The Labute approximate surface area is 179 Å². The Morgan fingerprint density at radius 2 is 1.41 bits per heavy atom. The summed E-state index contributed by atoms with van der Waals surface area (Å²) in [6.07, 6.45) is 4.49. The van der Waals surface area contributed by atoms with Gasteiger partial charge in [0.05, 0.1) is 0 Å². The van der Waals surface area contributed by atoms with E-state index in [-0.39, 0.29) is 0 Å². The molecule has 2 aromatic carbocycles. The topological polar surface area (TPSA) is 81.1 Å². The maximum Gasteiger partial charge on any atom is 0.414 e. The van der Waals surface area contributed by atoms with E-state index in [9.17, 15) is 0 Å². The Kier molecular flexibility index (Phi) is 9.56. The van der Waals surface area contributed by atoms with Crippen molar-refractivity contribution in [2.45, 2.75) is 6.54 Å². The van der Waals surface area contributed by atoms with Gasteiger partial charge in [0.25, 0.3) is 0 Å². The fraction of sp³-hybridized carbons (Fsp3) is 0.273. The number of hydrogen-bond donors (Lipinski definition) is 2. The molecule has 0 saturated carbocycles. The molecule has 7 heteroatoms. The van der Waals surface area contributed by atoms with Crippen molar-refractivity contribution >= 4 is 33.9 Å². The normalized spacial score (nSPS) is 14.9. The zero-order valence-electron chi connectivity index (χ0n) is 16.1. The first kappa shape index (κ1) is 22.8. The summed E-state index contributed by atoms with van der Waals surface area (Å²) in [5.41, 5.74) is 2.67. The second-order valence-corrected chi connectivity index (χ2v) is 7.54. The number of benzene rings is 2. The number of carbonyl (C=O) groups is 2. The van der Waals surface area contributed by atoms with Gasteiger partial charge in [-0.2, -0.15) is 0 Å². The molecule has 0 aliphatic carbocycles. The summed E-state index contributed by atoms with van der Waals surface area (Å²) < 4.78 is 1.15. The highest BCUT2D eigenvalue weighted by Gasteiger charge is 2.15. The van der Waals surface area contributed by atoms with Crippen LogP contribution in [0.25, 0.3) is 6.08 Å². The van der Waals surface area contributed by atoms with E-state index >= 15 is 0 Å². The van der Waals surface area contributed by atoms with Crippen LogP contribution in [0.15, 0.2) is 65.1 Å². The molecule has 1 aliphatic rings. The second kappa shape index (κ2) is 12.2. The lowest BCUT2D eigenvalue weighted by atomic mass is 10.2. The van der Waals surface area contributed by atoms with E-state index in [2.05, 4.69) is 92.5 Å². The fourth-order valence-electron chi connectivity index (χ4n) is 2.88. The van der Waals surface area contributed by atoms with Crippen LogP contribution >= 0.6 is 15.9 Å². The minimum Gasteiger partial charge on any atom is -0.473 e. The van der Waals surface area contributed by atoms with Gasteiger partial charge in [-0.25, -0.2) is 9.59 Å². The van der Waals surface area contributed by atoms with Crippen LogP contribution in [-0.4, -0.2) is 64.7 Å². The minimum atomic E-state index is -1.82. The second-order valence-electron chi connectivity index (χ2n) is 6.63. The predicted octanol–water partition coefficient (Wildman–Crippen LogP) is 3.44. The molecular weight excluding hydrogens is 436 g/mol. The molecule has 2 N–H and O–H groups in total. The Morgan fingerprint density at radius 1 is 0.862 bits per heavy atom. The molecule has 0 atom stereocenters. The highest BCUT2D eigenvalue weighted by Crippen LogP contribution is 2.13. The fourth-order valence-corrected chi connectivity index (χ4v) is 3.14. The average Bonchev–Trinajstić information content (AvgIpc) is 2.72. The molecule has 6 nitrogen and oxygen atoms in total. The first-order valence-corrected chi connectivity index (χ1v) is 10.1. The van der Waals surface area contributed by atoms with Gasteiger partial charge in [-0.15, -0.1) is 0 Å². The predicted molar refractivity (Wildman–Crippen MR) is 117 cm³/mol. The monoisotopic (exact) mass is 460 g/mol. The molecule has 0 amide bonds. The van der Waals surface area contributed by atoms with Crippen LogP contribution in [-0.2, 0) is 16.1 Å². The van der Waals surface area contributed by atoms with Crippen LogP contribution in [0.1, 0.15) is 11.1 Å². The number of piperazine rings is 1. The summed E-state index contributed by atoms with van der Waals surface area (Å²) in [7, 11) is 0. The van der Waals surface area contributed by atoms with Crippen LogP contribution < -0.4 is 0 Å². The van der Waals surface area contributed by atoms with Crippen LogP contribution in [0.4, 0.5) is 0 Å². The lowest BCUT2D eigenvalue weighted by Crippen LogP contribution is -2.45. The maximum atomic E-state index is 9.10. The quantitative estimate of drug-likeness (QED) is 0.665. The van der Waals surface area contributed by atoms with E-state index < -0.39 is 11.9 Å². The van der Waals surface area contributed by atoms with Crippen LogP contribution in [0.2, 0.25) is 0 Å². The molecule has 1 aliphatic heterocycles. The summed E-state index contributed by atoms with van der Waals surface area (Å²) >= 11 is 3.49. The lowest BCUT2D eigenvalue weighted by Gasteiger charge is -2.34. The van der Waals surface area contributed by atoms with Gasteiger partial charge < -0.3 is 10.2 Å². The molecule has 0 unspecified atom stereocenters. The molecule has 2 aromatic rings. The largest absolute Gasteiger partial charge is 0.473 e. The summed E-state index contributed by atoms with van der Waals surface area (Å²) in [6.45, 7) is 6.69. The molecule has 0 spiro atoms. The molecular formula is C22H25BrN2O4. The number of hydrogen-bond acceptors (Lipinski definition) is 4. The number of halogens is 1. The van der Waals surface area contributed by atoms with Gasteiger partial charge in [0.2, 0.25) is 0 Å². The van der Waals surface area contributed by atoms with E-state index in [1.54, 1.807) is 0 Å². The highest BCUT2D eigenvalue weighted by molar-refractivity contribution is 9.10. The van der Waals surface area contributed by atoms with Gasteiger partial charge in [-0.1, -0.05) is 70.5 Å². The van der Waals surface area contributed by atoms with Gasteiger partial charge in [0, 0.05) is 43.7 Å². The number of rotatable bonds is 5. The molecule has 1 saturated heterocycles. The number of aliphatic carboxylic acids is 2. The van der Waals surface area contributed by atoms with E-state index in [0.29, 0.717) is 0 Å². The number of carboxylic acids is 2. The van der Waals surface area contributed by atoms with Crippen molar-refractivity contribution in [1.29, 1.82) is 0 Å². The molecule has 1 fully saturated rings. The van der Waals surface area contributed by atoms with Crippen molar-refractivity contribution in [2.75, 3.05) is 32.7 Å². The smallest absolute Gasteiger partial charge is 0.414 e. The van der Waals surface area contributed by atoms with E-state index in [4.69, 9.17) is 19.8 Å². The third kappa shape index (κ3) is 9.04. The van der Waals surface area contributed by atoms with Crippen LogP contribution in [0.5, 0.6) is 0 Å². The third-order valence-corrected chi connectivity index (χ3v) is 4.97. The minimum absolute atomic E-state index is 1.04. The van der Waals surface area contributed by atoms with Crippen LogP contribution in [0.3, 0.4) is 0 Å². The van der Waals surface area contributed by atoms with Gasteiger partial charge in [-0.05, 0) is 23.3 Å². The molecule has 154 valence electrons. The number of nitrogens with zero attached hydrogens (tertiary/aromatic N) is 2. The van der Waals surface area contributed by atoms with Crippen molar-refractivity contribution < 1.29 is 19.8 Å². The van der Waals surface area contributed by atoms with Crippen LogP contribution in [0, 0.1) is 0 Å². The number of carboxylic acid groups (broad SMARTS) is 2. The first-order chi connectivity index (χ1) is 13.9. The Bertz CT molecular complexity index is 789. The molecule has 1 heterocycles. The van der Waals surface area contributed by atoms with Gasteiger partial charge in [-0.3, -0.25) is 9.80 Å². The van der Waals surface area contributed by atoms with E-state index in [1.165, 1.54) is 11.1 Å². The summed E-state index contributed by atoms with van der Waals surface area (Å²) in [5, 5.41) is 14.8. The Hall–Kier alpha value is -2.48. The Morgan fingerprint density at radius 3 is 1.97 bits per heavy atom. The van der Waals surface area contributed by atoms with Crippen molar-refractivity contribution in [3.8, 4) is 0 Å². The Balaban J connectivity index is 0.000000438.